The molecule has 3 rings (SSSR count). The summed E-state index contributed by atoms with van der Waals surface area (Å²) < 4.78 is 0. The predicted molar refractivity (Wildman–Crippen MR) is 99.8 cm³/mol. The van der Waals surface area contributed by atoms with Gasteiger partial charge in [0.2, 0.25) is 5.91 Å². The molecule has 1 saturated carbocycles. The van der Waals surface area contributed by atoms with Crippen molar-refractivity contribution < 1.29 is 4.79 Å². The minimum atomic E-state index is -0.325. The number of likely N-dealkylation sites (tertiary alicyclic amines) is 1. The first-order valence-corrected chi connectivity index (χ1v) is 9.74. The van der Waals surface area contributed by atoms with Gasteiger partial charge < -0.3 is 5.32 Å². The molecule has 4 atom stereocenters. The molecular weight excluding hydrogens is 343 g/mol. The SMILES string of the molecule is C[C@]1(NC(=O)Cc2ccccc2)CC[C@H](Cl)[C@@H](Cl)[C@H]1N1CCCC1. The number of halogens is 2. The van der Waals surface area contributed by atoms with Crippen molar-refractivity contribution in [1.29, 1.82) is 0 Å². The molecule has 5 heteroatoms. The average Bonchev–Trinajstić information content (AvgIpc) is 3.06. The number of hydrogen-bond donors (Lipinski definition) is 1. The second-order valence-electron chi connectivity index (χ2n) is 7.32. The molecule has 1 aliphatic carbocycles. The number of carbonyl (C=O) groups excluding carboxylic acids is 1. The number of benzene rings is 1. The molecule has 2 aliphatic rings. The number of nitrogens with one attached hydrogen (secondary N) is 1. The van der Waals surface area contributed by atoms with E-state index in [2.05, 4.69) is 17.1 Å². The second kappa shape index (κ2) is 7.63. The van der Waals surface area contributed by atoms with Gasteiger partial charge in [-0.2, -0.15) is 0 Å². The lowest BCUT2D eigenvalue weighted by Crippen LogP contribution is -2.67. The van der Waals surface area contributed by atoms with Gasteiger partial charge in [0.05, 0.1) is 28.8 Å². The standard InChI is InChI=1S/C19H26Cl2N2O/c1-19(22-16(24)13-14-7-3-2-4-8-14)10-9-15(20)17(21)18(19)23-11-5-6-12-23/h2-4,7-8,15,17-18H,5-6,9-13H2,1H3,(H,22,24)/t15-,17+,18+,19-/m0/s1. The Morgan fingerprint density at radius 2 is 1.92 bits per heavy atom. The van der Waals surface area contributed by atoms with Gasteiger partial charge in [-0.1, -0.05) is 30.3 Å². The summed E-state index contributed by atoms with van der Waals surface area (Å²) in [7, 11) is 0. The first-order valence-electron chi connectivity index (χ1n) is 8.87. The van der Waals surface area contributed by atoms with Gasteiger partial charge in [0.1, 0.15) is 0 Å². The molecule has 0 aromatic heterocycles. The van der Waals surface area contributed by atoms with Gasteiger partial charge in [-0.3, -0.25) is 9.69 Å². The first-order chi connectivity index (χ1) is 11.5. The average molecular weight is 369 g/mol. The third-order valence-electron chi connectivity index (χ3n) is 5.41. The maximum absolute atomic E-state index is 12.6. The summed E-state index contributed by atoms with van der Waals surface area (Å²) >= 11 is 13.2. The van der Waals surface area contributed by atoms with Crippen LogP contribution in [0.25, 0.3) is 0 Å². The van der Waals surface area contributed by atoms with Crippen LogP contribution in [0.5, 0.6) is 0 Å². The minimum absolute atomic E-state index is 0.0311. The van der Waals surface area contributed by atoms with Crippen LogP contribution in [0.2, 0.25) is 0 Å². The number of rotatable bonds is 4. The summed E-state index contributed by atoms with van der Waals surface area (Å²) in [5.74, 6) is 0.0600. The van der Waals surface area contributed by atoms with Crippen molar-refractivity contribution in [3.63, 3.8) is 0 Å². The fourth-order valence-electron chi connectivity index (χ4n) is 4.20. The van der Waals surface area contributed by atoms with Crippen LogP contribution in [-0.4, -0.2) is 46.2 Å². The molecule has 1 aromatic rings. The van der Waals surface area contributed by atoms with E-state index in [1.807, 2.05) is 30.3 Å². The molecule has 24 heavy (non-hydrogen) atoms. The second-order valence-corrected chi connectivity index (χ2v) is 8.38. The van der Waals surface area contributed by atoms with Crippen LogP contribution in [0.15, 0.2) is 30.3 Å². The molecule has 1 heterocycles. The summed E-state index contributed by atoms with van der Waals surface area (Å²) in [5.41, 5.74) is 0.707. The van der Waals surface area contributed by atoms with Gasteiger partial charge in [0.15, 0.2) is 0 Å². The maximum Gasteiger partial charge on any atom is 0.224 e. The van der Waals surface area contributed by atoms with E-state index in [1.165, 1.54) is 12.8 Å². The Morgan fingerprint density at radius 3 is 2.58 bits per heavy atom. The zero-order chi connectivity index (χ0) is 17.2. The Balaban J connectivity index is 1.73. The van der Waals surface area contributed by atoms with E-state index in [0.29, 0.717) is 6.42 Å². The van der Waals surface area contributed by atoms with Gasteiger partial charge in [-0.15, -0.1) is 23.2 Å². The maximum atomic E-state index is 12.6. The number of carbonyl (C=O) groups is 1. The molecule has 0 radical (unpaired) electrons. The van der Waals surface area contributed by atoms with Crippen molar-refractivity contribution in [1.82, 2.24) is 10.2 Å². The minimum Gasteiger partial charge on any atom is -0.349 e. The van der Waals surface area contributed by atoms with Crippen LogP contribution in [0, 0.1) is 0 Å². The molecule has 0 unspecified atom stereocenters. The van der Waals surface area contributed by atoms with Crippen molar-refractivity contribution in [2.75, 3.05) is 13.1 Å². The number of alkyl halides is 2. The monoisotopic (exact) mass is 368 g/mol. The Labute approximate surface area is 154 Å². The zero-order valence-corrected chi connectivity index (χ0v) is 15.7. The van der Waals surface area contributed by atoms with Crippen LogP contribution < -0.4 is 5.32 Å². The number of nitrogens with zero attached hydrogens (tertiary/aromatic N) is 1. The molecule has 0 spiro atoms. The zero-order valence-electron chi connectivity index (χ0n) is 14.2. The molecule has 1 saturated heterocycles. The Morgan fingerprint density at radius 1 is 1.25 bits per heavy atom. The fourth-order valence-corrected chi connectivity index (χ4v) is 5.01. The van der Waals surface area contributed by atoms with Gasteiger partial charge in [-0.25, -0.2) is 0 Å². The van der Waals surface area contributed by atoms with E-state index >= 15 is 0 Å². The summed E-state index contributed by atoms with van der Waals surface area (Å²) in [6, 6.07) is 9.96. The highest BCUT2D eigenvalue weighted by molar-refractivity contribution is 6.30. The Bertz CT molecular complexity index is 560. The molecule has 1 aromatic carbocycles. The Kier molecular flexibility index (Phi) is 5.74. The van der Waals surface area contributed by atoms with E-state index in [0.717, 1.165) is 31.5 Å². The normalized spacial score (nSPS) is 34.2. The number of amides is 1. The van der Waals surface area contributed by atoms with E-state index < -0.39 is 0 Å². The smallest absolute Gasteiger partial charge is 0.224 e. The molecule has 132 valence electrons. The van der Waals surface area contributed by atoms with Crippen LogP contribution in [0.1, 0.15) is 38.2 Å². The fraction of sp³-hybridized carbons (Fsp3) is 0.632. The largest absolute Gasteiger partial charge is 0.349 e. The molecule has 2 fully saturated rings. The third-order valence-corrected chi connectivity index (χ3v) is 6.57. The molecular formula is C19H26Cl2N2O. The molecule has 0 bridgehead atoms. The van der Waals surface area contributed by atoms with E-state index in [-0.39, 0.29) is 28.2 Å². The lowest BCUT2D eigenvalue weighted by Gasteiger charge is -2.50. The van der Waals surface area contributed by atoms with Crippen molar-refractivity contribution in [2.45, 2.75) is 61.4 Å². The third kappa shape index (κ3) is 3.89. The summed E-state index contributed by atoms with van der Waals surface area (Å²) in [6.45, 7) is 4.22. The molecule has 1 aliphatic heterocycles. The van der Waals surface area contributed by atoms with Crippen LogP contribution in [-0.2, 0) is 11.2 Å². The quantitative estimate of drug-likeness (QED) is 0.823. The summed E-state index contributed by atoms with van der Waals surface area (Å²) in [6.07, 6.45) is 4.50. The van der Waals surface area contributed by atoms with Crippen LogP contribution in [0.3, 0.4) is 0 Å². The van der Waals surface area contributed by atoms with E-state index in [9.17, 15) is 4.79 Å². The number of hydrogen-bond acceptors (Lipinski definition) is 2. The van der Waals surface area contributed by atoms with E-state index in [1.54, 1.807) is 0 Å². The van der Waals surface area contributed by atoms with Crippen molar-refractivity contribution in [2.24, 2.45) is 0 Å². The highest BCUT2D eigenvalue weighted by Crippen LogP contribution is 2.39. The van der Waals surface area contributed by atoms with Crippen molar-refractivity contribution in [3.05, 3.63) is 35.9 Å². The van der Waals surface area contributed by atoms with Gasteiger partial charge >= 0.3 is 0 Å². The first kappa shape index (κ1) is 18.0. The molecule has 1 N–H and O–H groups in total. The van der Waals surface area contributed by atoms with E-state index in [4.69, 9.17) is 23.2 Å². The van der Waals surface area contributed by atoms with Crippen LogP contribution in [0.4, 0.5) is 0 Å². The Hall–Kier alpha value is -0.770. The summed E-state index contributed by atoms with van der Waals surface area (Å²) in [4.78, 5) is 15.1. The molecule has 1 amide bonds. The topological polar surface area (TPSA) is 32.3 Å². The predicted octanol–water partition coefficient (Wildman–Crippen LogP) is 3.58. The van der Waals surface area contributed by atoms with Crippen molar-refractivity contribution >= 4 is 29.1 Å². The van der Waals surface area contributed by atoms with Gasteiger partial charge in [0, 0.05) is 0 Å². The van der Waals surface area contributed by atoms with Crippen LogP contribution >= 0.6 is 23.2 Å². The van der Waals surface area contributed by atoms with Crippen molar-refractivity contribution in [3.8, 4) is 0 Å². The highest BCUT2D eigenvalue weighted by atomic mass is 35.5. The molecule has 3 nitrogen and oxygen atoms in total. The highest BCUT2D eigenvalue weighted by Gasteiger charge is 2.49. The summed E-state index contributed by atoms with van der Waals surface area (Å²) in [5, 5.41) is 3.13. The van der Waals surface area contributed by atoms with Gasteiger partial charge in [-0.05, 0) is 51.3 Å². The lowest BCUT2D eigenvalue weighted by atomic mass is 9.77. The lowest BCUT2D eigenvalue weighted by molar-refractivity contribution is -0.123. The van der Waals surface area contributed by atoms with Gasteiger partial charge in [0.25, 0.3) is 0 Å².